The molecule has 21 heavy (non-hydrogen) atoms. The normalized spacial score (nSPS) is 22.2. The van der Waals surface area contributed by atoms with Crippen molar-refractivity contribution in [3.63, 3.8) is 0 Å². The number of hydrogen-bond acceptors (Lipinski definition) is 2. The second-order valence-electron chi connectivity index (χ2n) is 5.88. The zero-order valence-electron chi connectivity index (χ0n) is 12.9. The Morgan fingerprint density at radius 2 is 2.29 bits per heavy atom. The lowest BCUT2D eigenvalue weighted by molar-refractivity contribution is -0.126. The number of carbonyl (C=O) groups excluding carboxylic acids is 1. The highest BCUT2D eigenvalue weighted by molar-refractivity contribution is 5.79. The van der Waals surface area contributed by atoms with Gasteiger partial charge in [-0.05, 0) is 43.4 Å². The van der Waals surface area contributed by atoms with Crippen LogP contribution in [0.2, 0.25) is 0 Å². The van der Waals surface area contributed by atoms with E-state index >= 15 is 0 Å². The Hall–Kier alpha value is -1.79. The van der Waals surface area contributed by atoms with Gasteiger partial charge in [-0.1, -0.05) is 37.3 Å². The van der Waals surface area contributed by atoms with Gasteiger partial charge in [0.15, 0.2) is 0 Å². The molecule has 1 aromatic carbocycles. The summed E-state index contributed by atoms with van der Waals surface area (Å²) in [4.78, 5) is 12.3. The van der Waals surface area contributed by atoms with Gasteiger partial charge in [-0.2, -0.15) is 0 Å². The van der Waals surface area contributed by atoms with Crippen LogP contribution in [0.1, 0.15) is 50.3 Å². The molecule has 0 radical (unpaired) electrons. The van der Waals surface area contributed by atoms with Gasteiger partial charge in [-0.3, -0.25) is 4.79 Å². The van der Waals surface area contributed by atoms with Crippen molar-refractivity contribution in [3.8, 4) is 11.8 Å². The van der Waals surface area contributed by atoms with Crippen LogP contribution in [0, 0.1) is 23.7 Å². The minimum Gasteiger partial charge on any atom is -0.349 e. The van der Waals surface area contributed by atoms with Crippen molar-refractivity contribution < 1.29 is 4.79 Å². The lowest BCUT2D eigenvalue weighted by Gasteiger charge is -2.20. The van der Waals surface area contributed by atoms with E-state index in [2.05, 4.69) is 24.1 Å². The molecule has 0 heterocycles. The fourth-order valence-corrected chi connectivity index (χ4v) is 2.98. The Morgan fingerprint density at radius 3 is 2.95 bits per heavy atom. The maximum atomic E-state index is 12.3. The SMILES string of the molecule is CC(NC(=O)C1CCCC1C)c1cccc(C#CCN)c1. The Balaban J connectivity index is 2.02. The lowest BCUT2D eigenvalue weighted by atomic mass is 9.96. The van der Waals surface area contributed by atoms with Crippen molar-refractivity contribution in [2.75, 3.05) is 6.54 Å². The summed E-state index contributed by atoms with van der Waals surface area (Å²) in [6.07, 6.45) is 3.34. The Morgan fingerprint density at radius 1 is 1.48 bits per heavy atom. The molecule has 1 saturated carbocycles. The van der Waals surface area contributed by atoms with E-state index in [4.69, 9.17) is 5.73 Å². The monoisotopic (exact) mass is 284 g/mol. The van der Waals surface area contributed by atoms with Gasteiger partial charge >= 0.3 is 0 Å². The summed E-state index contributed by atoms with van der Waals surface area (Å²) < 4.78 is 0. The highest BCUT2D eigenvalue weighted by Crippen LogP contribution is 2.31. The molecule has 3 unspecified atom stereocenters. The summed E-state index contributed by atoms with van der Waals surface area (Å²) in [5, 5.41) is 3.14. The molecule has 0 aromatic heterocycles. The third-order valence-corrected chi connectivity index (χ3v) is 4.28. The Labute approximate surface area is 127 Å². The minimum atomic E-state index is 0.00456. The molecule has 1 fully saturated rings. The number of nitrogens with two attached hydrogens (primary N) is 1. The van der Waals surface area contributed by atoms with E-state index in [0.29, 0.717) is 12.5 Å². The van der Waals surface area contributed by atoms with Gasteiger partial charge in [0, 0.05) is 11.5 Å². The van der Waals surface area contributed by atoms with E-state index in [1.807, 2.05) is 31.2 Å². The molecule has 3 N–H and O–H groups in total. The molecule has 3 atom stereocenters. The second-order valence-corrected chi connectivity index (χ2v) is 5.88. The van der Waals surface area contributed by atoms with Crippen LogP contribution in [0.3, 0.4) is 0 Å². The first-order valence-electron chi connectivity index (χ1n) is 7.71. The molecule has 112 valence electrons. The van der Waals surface area contributed by atoms with Gasteiger partial charge in [0.05, 0.1) is 12.6 Å². The van der Waals surface area contributed by atoms with Crippen molar-refractivity contribution in [2.45, 2.75) is 39.2 Å². The Kier molecular flexibility index (Phi) is 5.41. The van der Waals surface area contributed by atoms with Gasteiger partial charge in [0.25, 0.3) is 0 Å². The maximum absolute atomic E-state index is 12.3. The summed E-state index contributed by atoms with van der Waals surface area (Å²) in [6.45, 7) is 4.55. The van der Waals surface area contributed by atoms with Crippen LogP contribution >= 0.6 is 0 Å². The van der Waals surface area contributed by atoms with Gasteiger partial charge in [-0.25, -0.2) is 0 Å². The molecule has 2 rings (SSSR count). The van der Waals surface area contributed by atoms with E-state index in [1.165, 1.54) is 0 Å². The topological polar surface area (TPSA) is 55.1 Å². The first-order chi connectivity index (χ1) is 10.1. The van der Waals surface area contributed by atoms with Crippen molar-refractivity contribution in [1.82, 2.24) is 5.32 Å². The number of hydrogen-bond donors (Lipinski definition) is 2. The van der Waals surface area contributed by atoms with E-state index in [9.17, 15) is 4.79 Å². The van der Waals surface area contributed by atoms with Crippen LogP contribution < -0.4 is 11.1 Å². The molecule has 1 aliphatic carbocycles. The zero-order chi connectivity index (χ0) is 15.2. The highest BCUT2D eigenvalue weighted by Gasteiger charge is 2.30. The molecular formula is C18H24N2O. The summed E-state index contributed by atoms with van der Waals surface area (Å²) in [6, 6.07) is 7.98. The smallest absolute Gasteiger partial charge is 0.223 e. The van der Waals surface area contributed by atoms with Gasteiger partial charge < -0.3 is 11.1 Å². The molecule has 1 aromatic rings. The van der Waals surface area contributed by atoms with Crippen molar-refractivity contribution in [2.24, 2.45) is 17.6 Å². The molecular weight excluding hydrogens is 260 g/mol. The van der Waals surface area contributed by atoms with E-state index in [-0.39, 0.29) is 17.9 Å². The average Bonchev–Trinajstić information content (AvgIpc) is 2.91. The van der Waals surface area contributed by atoms with Crippen molar-refractivity contribution >= 4 is 5.91 Å². The van der Waals surface area contributed by atoms with Gasteiger partial charge in [-0.15, -0.1) is 0 Å². The first-order valence-corrected chi connectivity index (χ1v) is 7.71. The van der Waals surface area contributed by atoms with Crippen molar-refractivity contribution in [1.29, 1.82) is 0 Å². The number of rotatable bonds is 3. The largest absolute Gasteiger partial charge is 0.349 e. The van der Waals surface area contributed by atoms with Crippen LogP contribution in [-0.4, -0.2) is 12.5 Å². The van der Waals surface area contributed by atoms with Crippen LogP contribution in [0.5, 0.6) is 0 Å². The molecule has 1 aliphatic rings. The lowest BCUT2D eigenvalue weighted by Crippen LogP contribution is -2.33. The summed E-state index contributed by atoms with van der Waals surface area (Å²) >= 11 is 0. The zero-order valence-corrected chi connectivity index (χ0v) is 12.9. The fourth-order valence-electron chi connectivity index (χ4n) is 2.98. The molecule has 0 saturated heterocycles. The van der Waals surface area contributed by atoms with Gasteiger partial charge in [0.1, 0.15) is 0 Å². The maximum Gasteiger partial charge on any atom is 0.223 e. The van der Waals surface area contributed by atoms with Crippen LogP contribution in [0.25, 0.3) is 0 Å². The molecule has 0 bridgehead atoms. The Bertz CT molecular complexity index is 556. The average molecular weight is 284 g/mol. The van der Waals surface area contributed by atoms with Gasteiger partial charge in [0.2, 0.25) is 5.91 Å². The van der Waals surface area contributed by atoms with Crippen LogP contribution in [0.4, 0.5) is 0 Å². The summed E-state index contributed by atoms with van der Waals surface area (Å²) in [5.41, 5.74) is 7.41. The molecule has 1 amide bonds. The minimum absolute atomic E-state index is 0.00456. The predicted molar refractivity (Wildman–Crippen MR) is 85.4 cm³/mol. The third-order valence-electron chi connectivity index (χ3n) is 4.28. The molecule has 3 heteroatoms. The molecule has 3 nitrogen and oxygen atoms in total. The fraction of sp³-hybridized carbons (Fsp3) is 0.500. The summed E-state index contributed by atoms with van der Waals surface area (Å²) in [5.74, 6) is 6.74. The van der Waals surface area contributed by atoms with E-state index in [1.54, 1.807) is 0 Å². The molecule has 0 aliphatic heterocycles. The summed E-state index contributed by atoms with van der Waals surface area (Å²) in [7, 11) is 0. The van der Waals surface area contributed by atoms with Crippen LogP contribution in [0.15, 0.2) is 24.3 Å². The molecule has 0 spiro atoms. The standard InChI is InChI=1S/C18H24N2O/c1-13-6-3-10-17(13)18(21)20-14(2)16-9-4-7-15(12-16)8-5-11-19/h4,7,9,12-14,17H,3,6,10-11,19H2,1-2H3,(H,20,21). The van der Waals surface area contributed by atoms with E-state index < -0.39 is 0 Å². The van der Waals surface area contributed by atoms with Crippen molar-refractivity contribution in [3.05, 3.63) is 35.4 Å². The highest BCUT2D eigenvalue weighted by atomic mass is 16.1. The first kappa shape index (κ1) is 15.6. The third kappa shape index (κ3) is 4.09. The number of amides is 1. The van der Waals surface area contributed by atoms with E-state index in [0.717, 1.165) is 30.4 Å². The number of nitrogens with one attached hydrogen (secondary N) is 1. The number of carbonyl (C=O) groups is 1. The van der Waals surface area contributed by atoms with Crippen LogP contribution in [-0.2, 0) is 4.79 Å². The predicted octanol–water partition coefficient (Wildman–Crippen LogP) is 2.61. The number of benzene rings is 1. The second kappa shape index (κ2) is 7.28. The quantitative estimate of drug-likeness (QED) is 0.838.